The number of rotatable bonds is 5. The minimum atomic E-state index is 0.0260. The summed E-state index contributed by atoms with van der Waals surface area (Å²) >= 11 is 0. The number of ether oxygens (including phenoxy) is 1. The van der Waals surface area contributed by atoms with Crippen LogP contribution in [0, 0.1) is 0 Å². The first-order valence-corrected chi connectivity index (χ1v) is 8.03. The van der Waals surface area contributed by atoms with E-state index in [0.717, 1.165) is 31.6 Å². The molecule has 1 N–H and O–H groups in total. The van der Waals surface area contributed by atoms with E-state index in [0.29, 0.717) is 12.6 Å². The molecule has 0 radical (unpaired) electrons. The standard InChI is InChI=1S/C15H27N5O2/c1-11(2)16-15(21)19-7-5-14(6-8-19)20-9-13(17-18-20)10-22-12(3)4/h9,11-12,14H,5-8,10H2,1-4H3,(H,16,21). The summed E-state index contributed by atoms with van der Waals surface area (Å²) in [5, 5.41) is 11.3. The van der Waals surface area contributed by atoms with Gasteiger partial charge < -0.3 is 15.0 Å². The Hall–Kier alpha value is -1.63. The van der Waals surface area contributed by atoms with Gasteiger partial charge in [0, 0.05) is 19.1 Å². The molecule has 124 valence electrons. The van der Waals surface area contributed by atoms with Crippen molar-refractivity contribution in [3.63, 3.8) is 0 Å². The maximum Gasteiger partial charge on any atom is 0.317 e. The molecular weight excluding hydrogens is 282 g/mol. The second kappa shape index (κ2) is 7.58. The maximum atomic E-state index is 12.0. The number of urea groups is 1. The van der Waals surface area contributed by atoms with Crippen LogP contribution in [0.4, 0.5) is 4.79 Å². The van der Waals surface area contributed by atoms with Gasteiger partial charge in [0.1, 0.15) is 5.69 Å². The number of carbonyl (C=O) groups excluding carboxylic acids is 1. The summed E-state index contributed by atoms with van der Waals surface area (Å²) in [4.78, 5) is 13.8. The van der Waals surface area contributed by atoms with Crippen molar-refractivity contribution in [1.82, 2.24) is 25.2 Å². The van der Waals surface area contributed by atoms with Gasteiger partial charge in [0.05, 0.1) is 24.9 Å². The number of amides is 2. The lowest BCUT2D eigenvalue weighted by Gasteiger charge is -2.32. The molecule has 7 nitrogen and oxygen atoms in total. The number of carbonyl (C=O) groups is 1. The highest BCUT2D eigenvalue weighted by molar-refractivity contribution is 5.74. The van der Waals surface area contributed by atoms with Crippen molar-refractivity contribution < 1.29 is 9.53 Å². The van der Waals surface area contributed by atoms with Gasteiger partial charge in [-0.3, -0.25) is 0 Å². The predicted molar refractivity (Wildman–Crippen MR) is 83.5 cm³/mol. The highest BCUT2D eigenvalue weighted by Gasteiger charge is 2.24. The Kier molecular flexibility index (Phi) is 5.76. The van der Waals surface area contributed by atoms with Gasteiger partial charge in [0.2, 0.25) is 0 Å². The third kappa shape index (κ3) is 4.69. The van der Waals surface area contributed by atoms with Gasteiger partial charge in [-0.15, -0.1) is 5.10 Å². The number of aromatic nitrogens is 3. The average molecular weight is 309 g/mol. The Labute approximate surface area is 132 Å². The smallest absolute Gasteiger partial charge is 0.317 e. The number of hydrogen-bond donors (Lipinski definition) is 1. The molecule has 2 amide bonds. The van der Waals surface area contributed by atoms with Crippen LogP contribution >= 0.6 is 0 Å². The summed E-state index contributed by atoms with van der Waals surface area (Å²) in [6.45, 7) is 9.95. The monoisotopic (exact) mass is 309 g/mol. The zero-order valence-corrected chi connectivity index (χ0v) is 14.0. The largest absolute Gasteiger partial charge is 0.372 e. The van der Waals surface area contributed by atoms with Crippen molar-refractivity contribution in [2.75, 3.05) is 13.1 Å². The first-order chi connectivity index (χ1) is 10.5. The van der Waals surface area contributed by atoms with E-state index in [1.165, 1.54) is 0 Å². The van der Waals surface area contributed by atoms with Crippen LogP contribution in [0.15, 0.2) is 6.20 Å². The third-order valence-corrected chi connectivity index (χ3v) is 3.66. The Morgan fingerprint density at radius 1 is 1.36 bits per heavy atom. The van der Waals surface area contributed by atoms with Gasteiger partial charge in [-0.05, 0) is 40.5 Å². The number of nitrogens with one attached hydrogen (secondary N) is 1. The van der Waals surface area contributed by atoms with Gasteiger partial charge in [-0.1, -0.05) is 5.21 Å². The first-order valence-electron chi connectivity index (χ1n) is 8.03. The molecule has 1 fully saturated rings. The highest BCUT2D eigenvalue weighted by Crippen LogP contribution is 2.21. The normalized spacial score (nSPS) is 16.5. The molecule has 1 aliphatic rings. The minimum Gasteiger partial charge on any atom is -0.372 e. The Balaban J connectivity index is 1.82. The topological polar surface area (TPSA) is 72.3 Å². The molecule has 0 atom stereocenters. The summed E-state index contributed by atoms with van der Waals surface area (Å²) in [7, 11) is 0. The van der Waals surface area contributed by atoms with Gasteiger partial charge >= 0.3 is 6.03 Å². The zero-order valence-electron chi connectivity index (χ0n) is 14.0. The van der Waals surface area contributed by atoms with Crippen LogP contribution in [0.2, 0.25) is 0 Å². The van der Waals surface area contributed by atoms with Crippen molar-refractivity contribution in [3.8, 4) is 0 Å². The molecule has 22 heavy (non-hydrogen) atoms. The van der Waals surface area contributed by atoms with E-state index in [9.17, 15) is 4.79 Å². The fourth-order valence-electron chi connectivity index (χ4n) is 2.48. The SMILES string of the molecule is CC(C)NC(=O)N1CCC(n2cc(COC(C)C)nn2)CC1. The van der Waals surface area contributed by atoms with Crippen LogP contribution < -0.4 is 5.32 Å². The second-order valence-corrected chi connectivity index (χ2v) is 6.37. The van der Waals surface area contributed by atoms with Crippen molar-refractivity contribution in [3.05, 3.63) is 11.9 Å². The molecule has 0 aliphatic carbocycles. The van der Waals surface area contributed by atoms with E-state index in [1.807, 2.05) is 43.5 Å². The van der Waals surface area contributed by atoms with Crippen molar-refractivity contribution in [2.45, 2.75) is 65.3 Å². The van der Waals surface area contributed by atoms with Crippen LogP contribution in [0.5, 0.6) is 0 Å². The van der Waals surface area contributed by atoms with E-state index < -0.39 is 0 Å². The third-order valence-electron chi connectivity index (χ3n) is 3.66. The quantitative estimate of drug-likeness (QED) is 0.902. The van der Waals surface area contributed by atoms with Crippen LogP contribution in [0.25, 0.3) is 0 Å². The maximum absolute atomic E-state index is 12.0. The summed E-state index contributed by atoms with van der Waals surface area (Å²) in [6, 6.07) is 0.505. The summed E-state index contributed by atoms with van der Waals surface area (Å²) in [6.07, 6.45) is 3.95. The molecule has 1 aromatic rings. The lowest BCUT2D eigenvalue weighted by molar-refractivity contribution is 0.0635. The Morgan fingerprint density at radius 3 is 2.64 bits per heavy atom. The lowest BCUT2D eigenvalue weighted by Crippen LogP contribution is -2.46. The van der Waals surface area contributed by atoms with E-state index in [2.05, 4.69) is 15.6 Å². The van der Waals surface area contributed by atoms with Crippen molar-refractivity contribution >= 4 is 6.03 Å². The van der Waals surface area contributed by atoms with Crippen molar-refractivity contribution in [1.29, 1.82) is 0 Å². The number of nitrogens with zero attached hydrogens (tertiary/aromatic N) is 4. The second-order valence-electron chi connectivity index (χ2n) is 6.37. The molecule has 1 aliphatic heterocycles. The Morgan fingerprint density at radius 2 is 2.05 bits per heavy atom. The van der Waals surface area contributed by atoms with Crippen LogP contribution in [-0.2, 0) is 11.3 Å². The van der Waals surface area contributed by atoms with Gasteiger partial charge in [0.25, 0.3) is 0 Å². The van der Waals surface area contributed by atoms with E-state index in [1.54, 1.807) is 0 Å². The summed E-state index contributed by atoms with van der Waals surface area (Å²) in [5.74, 6) is 0. The van der Waals surface area contributed by atoms with E-state index >= 15 is 0 Å². The number of likely N-dealkylation sites (tertiary alicyclic amines) is 1. The molecule has 2 rings (SSSR count). The molecule has 0 aromatic carbocycles. The average Bonchev–Trinajstić information content (AvgIpc) is 2.93. The van der Waals surface area contributed by atoms with E-state index in [-0.39, 0.29) is 18.2 Å². The summed E-state index contributed by atoms with van der Waals surface area (Å²) in [5.41, 5.74) is 0.855. The lowest BCUT2D eigenvalue weighted by atomic mass is 10.1. The van der Waals surface area contributed by atoms with Crippen LogP contribution in [0.1, 0.15) is 52.3 Å². The first kappa shape index (κ1) is 16.7. The fourth-order valence-corrected chi connectivity index (χ4v) is 2.48. The minimum absolute atomic E-state index is 0.0260. The molecule has 0 spiro atoms. The number of hydrogen-bond acceptors (Lipinski definition) is 4. The summed E-state index contributed by atoms with van der Waals surface area (Å²) < 4.78 is 7.45. The molecule has 0 unspecified atom stereocenters. The van der Waals surface area contributed by atoms with Crippen LogP contribution in [0.3, 0.4) is 0 Å². The Bertz CT molecular complexity index is 478. The van der Waals surface area contributed by atoms with E-state index in [4.69, 9.17) is 4.74 Å². The zero-order chi connectivity index (χ0) is 16.1. The van der Waals surface area contributed by atoms with Gasteiger partial charge in [-0.2, -0.15) is 0 Å². The predicted octanol–water partition coefficient (Wildman–Crippen LogP) is 1.96. The molecule has 1 aromatic heterocycles. The molecule has 1 saturated heterocycles. The van der Waals surface area contributed by atoms with Gasteiger partial charge in [0.15, 0.2) is 0 Å². The van der Waals surface area contributed by atoms with Crippen molar-refractivity contribution in [2.24, 2.45) is 0 Å². The molecule has 0 bridgehead atoms. The highest BCUT2D eigenvalue weighted by atomic mass is 16.5. The number of piperidine rings is 1. The van der Waals surface area contributed by atoms with Gasteiger partial charge in [-0.25, -0.2) is 9.48 Å². The molecule has 7 heteroatoms. The molecular formula is C15H27N5O2. The molecule has 0 saturated carbocycles. The fraction of sp³-hybridized carbons (Fsp3) is 0.800. The molecule has 2 heterocycles. The van der Waals surface area contributed by atoms with Crippen LogP contribution in [-0.4, -0.2) is 51.2 Å².